The average Bonchev–Trinajstić information content (AvgIpc) is 3.19. The van der Waals surface area contributed by atoms with Gasteiger partial charge < -0.3 is 14.6 Å². The number of hydrogen-bond acceptors (Lipinski definition) is 3. The van der Waals surface area contributed by atoms with E-state index in [0.717, 1.165) is 22.6 Å². The minimum atomic E-state index is -0.498. The zero-order valence-corrected chi connectivity index (χ0v) is 15.1. The second-order valence-electron chi connectivity index (χ2n) is 6.19. The molecule has 0 spiro atoms. The minimum Gasteiger partial charge on any atom is -0.481 e. The summed E-state index contributed by atoms with van der Waals surface area (Å²) in [6.45, 7) is 4.41. The monoisotopic (exact) mass is 349 g/mol. The number of benzene rings is 2. The van der Waals surface area contributed by atoms with Gasteiger partial charge in [0.05, 0.1) is 6.33 Å². The van der Waals surface area contributed by atoms with Crippen molar-refractivity contribution in [1.29, 1.82) is 0 Å². The maximum Gasteiger partial charge on any atom is 0.261 e. The van der Waals surface area contributed by atoms with Gasteiger partial charge in [-0.05, 0) is 48.7 Å². The molecule has 5 nitrogen and oxygen atoms in total. The van der Waals surface area contributed by atoms with Gasteiger partial charge in [-0.1, -0.05) is 31.2 Å². The molecule has 0 unspecified atom stereocenters. The highest BCUT2D eigenvalue weighted by Gasteiger charge is 2.18. The molecule has 0 saturated carbocycles. The van der Waals surface area contributed by atoms with Crippen molar-refractivity contribution in [1.82, 2.24) is 14.9 Å². The molecule has 3 rings (SSSR count). The largest absolute Gasteiger partial charge is 0.481 e. The third-order valence-corrected chi connectivity index (χ3v) is 4.14. The lowest BCUT2D eigenvalue weighted by Crippen LogP contribution is -2.37. The number of aryl methyl sites for hydroxylation is 1. The highest BCUT2D eigenvalue weighted by molar-refractivity contribution is 5.81. The highest BCUT2D eigenvalue weighted by Crippen LogP contribution is 2.16. The van der Waals surface area contributed by atoms with Gasteiger partial charge in [-0.3, -0.25) is 4.79 Å². The summed E-state index contributed by atoms with van der Waals surface area (Å²) in [6, 6.07) is 15.7. The molecule has 0 aliphatic heterocycles. The molecular formula is C21H23N3O2. The van der Waals surface area contributed by atoms with E-state index in [1.165, 1.54) is 0 Å². The third-order valence-electron chi connectivity index (χ3n) is 4.14. The smallest absolute Gasteiger partial charge is 0.261 e. The predicted octanol–water partition coefficient (Wildman–Crippen LogP) is 3.65. The van der Waals surface area contributed by atoms with E-state index in [1.807, 2.05) is 73.1 Å². The Labute approximate surface area is 153 Å². The second-order valence-corrected chi connectivity index (χ2v) is 6.19. The summed E-state index contributed by atoms with van der Waals surface area (Å²) in [5, 5.41) is 2.96. The summed E-state index contributed by atoms with van der Waals surface area (Å²) in [6.07, 6.45) is 5.50. The van der Waals surface area contributed by atoms with Crippen LogP contribution in [0.1, 0.15) is 24.5 Å². The Kier molecular flexibility index (Phi) is 5.69. The maximum absolute atomic E-state index is 12.4. The van der Waals surface area contributed by atoms with Crippen LogP contribution in [0, 0.1) is 6.92 Å². The number of hydrogen-bond donors (Lipinski definition) is 1. The van der Waals surface area contributed by atoms with Gasteiger partial charge in [0, 0.05) is 24.6 Å². The van der Waals surface area contributed by atoms with E-state index in [1.54, 1.807) is 12.5 Å². The van der Waals surface area contributed by atoms with Crippen LogP contribution in [-0.2, 0) is 11.3 Å². The number of ether oxygens (including phenoxy) is 1. The van der Waals surface area contributed by atoms with Crippen LogP contribution in [-0.4, -0.2) is 21.6 Å². The number of carbonyl (C=O) groups is 1. The van der Waals surface area contributed by atoms with Crippen LogP contribution in [0.2, 0.25) is 0 Å². The van der Waals surface area contributed by atoms with Crippen LogP contribution in [0.4, 0.5) is 0 Å². The molecule has 0 radical (unpaired) electrons. The average molecular weight is 349 g/mol. The third kappa shape index (κ3) is 4.51. The number of rotatable bonds is 7. The zero-order chi connectivity index (χ0) is 18.4. The number of amides is 1. The van der Waals surface area contributed by atoms with Crippen LogP contribution >= 0.6 is 0 Å². The molecule has 5 heteroatoms. The Morgan fingerprint density at radius 1 is 1.23 bits per heavy atom. The molecule has 1 aromatic heterocycles. The summed E-state index contributed by atoms with van der Waals surface area (Å²) in [5.74, 6) is 0.615. The minimum absolute atomic E-state index is 0.104. The molecule has 2 aromatic carbocycles. The molecule has 26 heavy (non-hydrogen) atoms. The van der Waals surface area contributed by atoms with Crippen LogP contribution in [0.15, 0.2) is 67.3 Å². The molecule has 0 saturated heterocycles. The van der Waals surface area contributed by atoms with Gasteiger partial charge >= 0.3 is 0 Å². The number of aromatic nitrogens is 2. The lowest BCUT2D eigenvalue weighted by molar-refractivity contribution is -0.128. The Hall–Kier alpha value is -3.08. The maximum atomic E-state index is 12.4. The van der Waals surface area contributed by atoms with E-state index in [4.69, 9.17) is 4.74 Å². The van der Waals surface area contributed by atoms with Crippen LogP contribution < -0.4 is 10.1 Å². The van der Waals surface area contributed by atoms with E-state index >= 15 is 0 Å². The van der Waals surface area contributed by atoms with Gasteiger partial charge in [0.1, 0.15) is 5.75 Å². The van der Waals surface area contributed by atoms with Gasteiger partial charge in [-0.15, -0.1) is 0 Å². The van der Waals surface area contributed by atoms with Gasteiger partial charge in [-0.25, -0.2) is 4.98 Å². The second kappa shape index (κ2) is 8.34. The van der Waals surface area contributed by atoms with E-state index in [2.05, 4.69) is 10.3 Å². The van der Waals surface area contributed by atoms with Crippen molar-refractivity contribution in [3.63, 3.8) is 0 Å². The molecule has 0 fully saturated rings. The molecule has 1 atom stereocenters. The number of nitrogens with one attached hydrogen (secondary N) is 1. The Balaban J connectivity index is 1.56. The summed E-state index contributed by atoms with van der Waals surface area (Å²) in [4.78, 5) is 16.5. The fourth-order valence-electron chi connectivity index (χ4n) is 2.68. The standard InChI is InChI=1S/C21H23N3O2/c1-3-20(26-19-6-4-5-16(2)13-19)21(25)23-14-17-7-9-18(10-8-17)24-12-11-22-15-24/h4-13,15,20H,3,14H2,1-2H3,(H,23,25)/t20-/m0/s1. The number of imidazole rings is 1. The van der Waals surface area contributed by atoms with Gasteiger partial charge in [0.15, 0.2) is 6.10 Å². The molecule has 1 amide bonds. The summed E-state index contributed by atoms with van der Waals surface area (Å²) in [5.41, 5.74) is 3.18. The number of carbonyl (C=O) groups excluding carboxylic acids is 1. The Morgan fingerprint density at radius 2 is 2.04 bits per heavy atom. The van der Waals surface area contributed by atoms with Crippen molar-refractivity contribution in [2.24, 2.45) is 0 Å². The highest BCUT2D eigenvalue weighted by atomic mass is 16.5. The van der Waals surface area contributed by atoms with E-state index in [9.17, 15) is 4.79 Å². The molecule has 134 valence electrons. The first-order valence-electron chi connectivity index (χ1n) is 8.74. The fraction of sp³-hybridized carbons (Fsp3) is 0.238. The van der Waals surface area contributed by atoms with Gasteiger partial charge in [0.2, 0.25) is 0 Å². The quantitative estimate of drug-likeness (QED) is 0.708. The molecular weight excluding hydrogens is 326 g/mol. The summed E-state index contributed by atoms with van der Waals surface area (Å²) < 4.78 is 7.78. The topological polar surface area (TPSA) is 56.1 Å². The SMILES string of the molecule is CC[C@H](Oc1cccc(C)c1)C(=O)NCc1ccc(-n2ccnc2)cc1. The molecule has 1 heterocycles. The lowest BCUT2D eigenvalue weighted by Gasteiger charge is -2.17. The van der Waals surface area contributed by atoms with Crippen molar-refractivity contribution < 1.29 is 9.53 Å². The zero-order valence-electron chi connectivity index (χ0n) is 15.1. The molecule has 0 bridgehead atoms. The molecule has 0 aliphatic carbocycles. The lowest BCUT2D eigenvalue weighted by atomic mass is 10.2. The first-order chi connectivity index (χ1) is 12.7. The Bertz CT molecular complexity index is 842. The number of nitrogens with zero attached hydrogens (tertiary/aromatic N) is 2. The van der Waals surface area contributed by atoms with Gasteiger partial charge in [0.25, 0.3) is 5.91 Å². The molecule has 0 aliphatic rings. The van der Waals surface area contributed by atoms with Crippen LogP contribution in [0.5, 0.6) is 5.75 Å². The van der Waals surface area contributed by atoms with Crippen LogP contribution in [0.3, 0.4) is 0 Å². The first-order valence-corrected chi connectivity index (χ1v) is 8.74. The van der Waals surface area contributed by atoms with Crippen molar-refractivity contribution in [2.45, 2.75) is 32.9 Å². The van der Waals surface area contributed by atoms with E-state index < -0.39 is 6.10 Å². The van der Waals surface area contributed by atoms with Crippen molar-refractivity contribution in [3.8, 4) is 11.4 Å². The van der Waals surface area contributed by atoms with Crippen molar-refractivity contribution in [2.75, 3.05) is 0 Å². The van der Waals surface area contributed by atoms with Crippen molar-refractivity contribution >= 4 is 5.91 Å². The fourth-order valence-corrected chi connectivity index (χ4v) is 2.68. The van der Waals surface area contributed by atoms with E-state index in [-0.39, 0.29) is 5.91 Å². The molecule has 3 aromatic rings. The molecule has 1 N–H and O–H groups in total. The summed E-state index contributed by atoms with van der Waals surface area (Å²) in [7, 11) is 0. The normalized spacial score (nSPS) is 11.8. The predicted molar refractivity (Wildman–Crippen MR) is 101 cm³/mol. The van der Waals surface area contributed by atoms with Crippen molar-refractivity contribution in [3.05, 3.63) is 78.4 Å². The summed E-state index contributed by atoms with van der Waals surface area (Å²) >= 11 is 0. The van der Waals surface area contributed by atoms with Crippen LogP contribution in [0.25, 0.3) is 5.69 Å². The van der Waals surface area contributed by atoms with E-state index in [0.29, 0.717) is 13.0 Å². The first kappa shape index (κ1) is 17.7. The Morgan fingerprint density at radius 3 is 2.69 bits per heavy atom. The van der Waals surface area contributed by atoms with Gasteiger partial charge in [-0.2, -0.15) is 0 Å².